The molecule has 3 aromatic rings. The number of carbonyl (C=O) groups excluding carboxylic acids is 2. The lowest BCUT2D eigenvalue weighted by molar-refractivity contribution is -0.131. The zero-order chi connectivity index (χ0) is 22.9. The van der Waals surface area contributed by atoms with Crippen molar-refractivity contribution in [3.8, 4) is 10.6 Å². The van der Waals surface area contributed by atoms with Crippen molar-refractivity contribution >= 4 is 23.0 Å². The van der Waals surface area contributed by atoms with Crippen molar-refractivity contribution in [3.05, 3.63) is 82.3 Å². The van der Waals surface area contributed by atoms with Gasteiger partial charge in [-0.2, -0.15) is 0 Å². The number of carbonyl (C=O) groups is 2. The highest BCUT2D eigenvalue weighted by Gasteiger charge is 2.45. The van der Waals surface area contributed by atoms with Crippen LogP contribution in [-0.2, 0) is 9.53 Å². The van der Waals surface area contributed by atoms with Gasteiger partial charge in [-0.1, -0.05) is 30.3 Å². The largest absolute Gasteiger partial charge is 0.503 e. The molecule has 0 spiro atoms. The first-order valence-corrected chi connectivity index (χ1v) is 11.7. The molecular formula is C25H23N3O4S. The molecule has 1 saturated heterocycles. The quantitative estimate of drug-likeness (QED) is 0.551. The fourth-order valence-corrected chi connectivity index (χ4v) is 5.43. The first-order valence-electron chi connectivity index (χ1n) is 10.9. The minimum Gasteiger partial charge on any atom is -0.503 e. The van der Waals surface area contributed by atoms with Gasteiger partial charge in [0.25, 0.3) is 5.91 Å². The number of amides is 1. The van der Waals surface area contributed by atoms with Crippen molar-refractivity contribution in [1.29, 1.82) is 0 Å². The molecule has 2 aliphatic heterocycles. The van der Waals surface area contributed by atoms with Crippen LogP contribution in [0.5, 0.6) is 0 Å². The van der Waals surface area contributed by atoms with Gasteiger partial charge in [0.15, 0.2) is 5.76 Å². The van der Waals surface area contributed by atoms with Crippen molar-refractivity contribution < 1.29 is 19.4 Å². The molecule has 0 radical (unpaired) electrons. The fourth-order valence-electron chi connectivity index (χ4n) is 4.41. The summed E-state index contributed by atoms with van der Waals surface area (Å²) >= 11 is 1.27. The number of aliphatic hydroxyl groups is 1. The SMILES string of the molecule is Cc1nc(-c2ccccc2)sc1C(=O)C1=C(O)C(=O)N(CC2CCCO2)C1c1ccncc1. The van der Waals surface area contributed by atoms with Crippen molar-refractivity contribution in [2.24, 2.45) is 0 Å². The average Bonchev–Trinajstić information content (AvgIpc) is 3.55. The van der Waals surface area contributed by atoms with E-state index in [2.05, 4.69) is 9.97 Å². The minimum absolute atomic E-state index is 0.0792. The minimum atomic E-state index is -0.709. The van der Waals surface area contributed by atoms with Gasteiger partial charge in [-0.25, -0.2) is 4.98 Å². The lowest BCUT2D eigenvalue weighted by Gasteiger charge is -2.28. The predicted octanol–water partition coefficient (Wildman–Crippen LogP) is 4.27. The van der Waals surface area contributed by atoms with Crippen molar-refractivity contribution in [3.63, 3.8) is 0 Å². The molecule has 8 heteroatoms. The Kier molecular flexibility index (Phi) is 5.78. The summed E-state index contributed by atoms with van der Waals surface area (Å²) in [5, 5.41) is 11.6. The second-order valence-corrected chi connectivity index (χ2v) is 9.17. The van der Waals surface area contributed by atoms with E-state index in [1.54, 1.807) is 36.4 Å². The van der Waals surface area contributed by atoms with E-state index in [0.717, 1.165) is 23.4 Å². The maximum absolute atomic E-state index is 13.8. The zero-order valence-corrected chi connectivity index (χ0v) is 18.9. The number of benzene rings is 1. The summed E-state index contributed by atoms with van der Waals surface area (Å²) in [7, 11) is 0. The summed E-state index contributed by atoms with van der Waals surface area (Å²) in [6.07, 6.45) is 4.89. The Hall–Kier alpha value is -3.36. The lowest BCUT2D eigenvalue weighted by Crippen LogP contribution is -2.37. The van der Waals surface area contributed by atoms with Crippen LogP contribution < -0.4 is 0 Å². The van der Waals surface area contributed by atoms with E-state index in [9.17, 15) is 14.7 Å². The van der Waals surface area contributed by atoms with Crippen molar-refractivity contribution in [2.45, 2.75) is 31.9 Å². The van der Waals surface area contributed by atoms with Crippen LogP contribution in [0, 0.1) is 6.92 Å². The number of hydrogen-bond acceptors (Lipinski definition) is 7. The van der Waals surface area contributed by atoms with Crippen molar-refractivity contribution in [1.82, 2.24) is 14.9 Å². The Morgan fingerprint density at radius 3 is 2.67 bits per heavy atom. The van der Waals surface area contributed by atoms with Gasteiger partial charge in [-0.3, -0.25) is 14.6 Å². The molecule has 2 aliphatic rings. The molecule has 2 unspecified atom stereocenters. The van der Waals surface area contributed by atoms with E-state index < -0.39 is 17.7 Å². The number of hydrogen-bond donors (Lipinski definition) is 1. The molecule has 33 heavy (non-hydrogen) atoms. The maximum Gasteiger partial charge on any atom is 0.290 e. The van der Waals surface area contributed by atoms with Crippen LogP contribution in [0.15, 0.2) is 66.2 Å². The van der Waals surface area contributed by atoms with Crippen LogP contribution in [0.25, 0.3) is 10.6 Å². The molecule has 1 N–H and O–H groups in total. The molecule has 2 aromatic heterocycles. The molecule has 168 valence electrons. The van der Waals surface area contributed by atoms with Gasteiger partial charge in [0, 0.05) is 31.1 Å². The van der Waals surface area contributed by atoms with Crippen LogP contribution in [0.4, 0.5) is 0 Å². The smallest absolute Gasteiger partial charge is 0.290 e. The number of thiazole rings is 1. The van der Waals surface area contributed by atoms with Crippen LogP contribution in [0.3, 0.4) is 0 Å². The second-order valence-electron chi connectivity index (χ2n) is 8.17. The molecule has 5 rings (SSSR count). The Balaban J connectivity index is 1.54. The summed E-state index contributed by atoms with van der Waals surface area (Å²) in [5.41, 5.74) is 2.28. The van der Waals surface area contributed by atoms with E-state index in [0.29, 0.717) is 29.3 Å². The highest BCUT2D eigenvalue weighted by Crippen LogP contribution is 2.41. The number of ketones is 1. The topological polar surface area (TPSA) is 92.6 Å². The van der Waals surface area contributed by atoms with E-state index >= 15 is 0 Å². The van der Waals surface area contributed by atoms with Gasteiger partial charge in [0.2, 0.25) is 5.78 Å². The highest BCUT2D eigenvalue weighted by atomic mass is 32.1. The van der Waals surface area contributed by atoms with E-state index in [1.165, 1.54) is 11.3 Å². The molecule has 2 atom stereocenters. The van der Waals surface area contributed by atoms with Gasteiger partial charge in [0.1, 0.15) is 5.01 Å². The van der Waals surface area contributed by atoms with Gasteiger partial charge in [-0.15, -0.1) is 11.3 Å². The molecule has 0 bridgehead atoms. The Morgan fingerprint density at radius 1 is 1.21 bits per heavy atom. The number of rotatable bonds is 6. The highest BCUT2D eigenvalue weighted by molar-refractivity contribution is 7.17. The third-order valence-electron chi connectivity index (χ3n) is 6.02. The van der Waals surface area contributed by atoms with Crippen molar-refractivity contribution in [2.75, 3.05) is 13.2 Å². The zero-order valence-electron chi connectivity index (χ0n) is 18.1. The first kappa shape index (κ1) is 21.5. The molecule has 7 nitrogen and oxygen atoms in total. The number of aliphatic hydroxyl groups excluding tert-OH is 1. The molecule has 1 fully saturated rings. The van der Waals surface area contributed by atoms with E-state index in [-0.39, 0.29) is 17.5 Å². The third kappa shape index (κ3) is 3.96. The van der Waals surface area contributed by atoms with Gasteiger partial charge in [0.05, 0.1) is 28.3 Å². The Morgan fingerprint density at radius 2 is 1.97 bits per heavy atom. The summed E-state index contributed by atoms with van der Waals surface area (Å²) in [6.45, 7) is 2.74. The Bertz CT molecular complexity index is 1220. The number of aromatic nitrogens is 2. The number of nitrogens with zero attached hydrogens (tertiary/aromatic N) is 3. The van der Waals surface area contributed by atoms with Gasteiger partial charge < -0.3 is 14.7 Å². The number of pyridine rings is 1. The molecule has 1 aromatic carbocycles. The normalized spacial score (nSPS) is 20.6. The Labute approximate surface area is 195 Å². The number of aryl methyl sites for hydroxylation is 1. The summed E-state index contributed by atoms with van der Waals surface area (Å²) in [6, 6.07) is 12.4. The fraction of sp³-hybridized carbons (Fsp3) is 0.280. The number of Topliss-reactive ketones (excluding diaryl/α,β-unsaturated/α-hetero) is 1. The average molecular weight is 462 g/mol. The molecule has 4 heterocycles. The third-order valence-corrected chi connectivity index (χ3v) is 7.22. The monoisotopic (exact) mass is 461 g/mol. The number of ether oxygens (including phenoxy) is 1. The maximum atomic E-state index is 13.8. The standard InChI is InChI=1S/C25H23N3O4S/c1-15-23(33-24(27-15)17-6-3-2-4-7-17)21(29)19-20(16-9-11-26-12-10-16)28(25(31)22(19)30)14-18-8-5-13-32-18/h2-4,6-7,9-12,18,20,30H,5,8,13-14H2,1H3. The first-order chi connectivity index (χ1) is 16.0. The summed E-state index contributed by atoms with van der Waals surface area (Å²) in [4.78, 5) is 37.5. The van der Waals surface area contributed by atoms with E-state index in [4.69, 9.17) is 4.74 Å². The van der Waals surface area contributed by atoms with Gasteiger partial charge in [-0.05, 0) is 37.5 Å². The predicted molar refractivity (Wildman–Crippen MR) is 124 cm³/mol. The molecule has 0 aliphatic carbocycles. The lowest BCUT2D eigenvalue weighted by atomic mass is 9.95. The van der Waals surface area contributed by atoms with Crippen LogP contribution in [0.1, 0.15) is 39.8 Å². The van der Waals surface area contributed by atoms with Crippen LogP contribution >= 0.6 is 11.3 Å². The molecule has 1 amide bonds. The molecule has 0 saturated carbocycles. The van der Waals surface area contributed by atoms with Crippen LogP contribution in [0.2, 0.25) is 0 Å². The van der Waals surface area contributed by atoms with E-state index in [1.807, 2.05) is 30.3 Å². The van der Waals surface area contributed by atoms with Gasteiger partial charge >= 0.3 is 0 Å². The second kappa shape index (κ2) is 8.88. The summed E-state index contributed by atoms with van der Waals surface area (Å²) < 4.78 is 5.74. The summed E-state index contributed by atoms with van der Waals surface area (Å²) in [5.74, 6) is -1.44. The van der Waals surface area contributed by atoms with Crippen LogP contribution in [-0.4, -0.2) is 50.9 Å². The molecular weight excluding hydrogens is 438 g/mol.